The molecule has 0 aliphatic carbocycles. The van der Waals surface area contributed by atoms with E-state index in [9.17, 15) is 5.11 Å². The third kappa shape index (κ3) is 2.61. The van der Waals surface area contributed by atoms with E-state index in [-0.39, 0.29) is 17.7 Å². The number of phenols is 1. The van der Waals surface area contributed by atoms with Crippen molar-refractivity contribution in [2.75, 3.05) is 0 Å². The van der Waals surface area contributed by atoms with Gasteiger partial charge in [0.05, 0.1) is 12.1 Å². The van der Waals surface area contributed by atoms with Gasteiger partial charge in [0.15, 0.2) is 0 Å². The van der Waals surface area contributed by atoms with Gasteiger partial charge in [0.25, 0.3) is 0 Å². The second-order valence-corrected chi connectivity index (χ2v) is 5.19. The van der Waals surface area contributed by atoms with Gasteiger partial charge in [-0.1, -0.05) is 32.0 Å². The highest BCUT2D eigenvalue weighted by atomic mass is 16.5. The van der Waals surface area contributed by atoms with E-state index >= 15 is 0 Å². The second-order valence-electron chi connectivity index (χ2n) is 5.19. The largest absolute Gasteiger partial charge is 0.507 e. The zero-order valence-electron chi connectivity index (χ0n) is 11.5. The summed E-state index contributed by atoms with van der Waals surface area (Å²) in [5.41, 5.74) is 7.17. The lowest BCUT2D eigenvalue weighted by Crippen LogP contribution is -2.15. The number of benzene rings is 1. The van der Waals surface area contributed by atoms with E-state index in [1.54, 1.807) is 6.07 Å². The smallest absolute Gasteiger partial charge is 0.240 e. The lowest BCUT2D eigenvalue weighted by Gasteiger charge is -2.23. The van der Waals surface area contributed by atoms with E-state index in [4.69, 9.17) is 10.3 Å². The molecule has 0 fully saturated rings. The molecule has 0 atom stereocenters. The van der Waals surface area contributed by atoms with Gasteiger partial charge >= 0.3 is 0 Å². The normalized spacial score (nSPS) is 11.8. The molecular weight excluding hydrogens is 242 g/mol. The Kier molecular flexibility index (Phi) is 3.57. The van der Waals surface area contributed by atoms with E-state index in [0.717, 1.165) is 12.0 Å². The number of phenolic OH excluding ortho intramolecular Hbond substituents is 1. The number of hydrogen-bond acceptors (Lipinski definition) is 5. The molecule has 0 aliphatic rings. The number of aromatic hydroxyl groups is 1. The van der Waals surface area contributed by atoms with Crippen LogP contribution in [0.1, 0.15) is 38.6 Å². The maximum atomic E-state index is 9.96. The molecule has 5 nitrogen and oxygen atoms in total. The monoisotopic (exact) mass is 261 g/mol. The Balaban J connectivity index is 2.48. The predicted molar refractivity (Wildman–Crippen MR) is 72.6 cm³/mol. The molecule has 19 heavy (non-hydrogen) atoms. The molecular formula is C14H19N3O2. The first-order valence-corrected chi connectivity index (χ1v) is 6.34. The summed E-state index contributed by atoms with van der Waals surface area (Å²) in [4.78, 5) is 4.15. The number of nitrogens with zero attached hydrogens (tertiary/aromatic N) is 2. The summed E-state index contributed by atoms with van der Waals surface area (Å²) in [6, 6.07) is 5.50. The van der Waals surface area contributed by atoms with Crippen molar-refractivity contribution in [3.8, 4) is 17.1 Å². The summed E-state index contributed by atoms with van der Waals surface area (Å²) in [5.74, 6) is 0.862. The molecule has 102 valence electrons. The minimum Gasteiger partial charge on any atom is -0.507 e. The number of nitrogens with two attached hydrogens (primary N) is 1. The number of aromatic nitrogens is 2. The molecule has 5 heteroatoms. The second kappa shape index (κ2) is 5.01. The van der Waals surface area contributed by atoms with Crippen LogP contribution in [0.25, 0.3) is 11.4 Å². The standard InChI is InChI=1S/C14H19N3O2/c1-4-14(2,3)9-5-6-11(18)10(7-9)13-16-12(8-15)19-17-13/h5-7,18H,4,8,15H2,1-3H3. The van der Waals surface area contributed by atoms with Crippen molar-refractivity contribution in [2.24, 2.45) is 5.73 Å². The Morgan fingerprint density at radius 3 is 2.68 bits per heavy atom. The Morgan fingerprint density at radius 2 is 2.11 bits per heavy atom. The van der Waals surface area contributed by atoms with Crippen LogP contribution in [-0.4, -0.2) is 15.2 Å². The van der Waals surface area contributed by atoms with Crippen molar-refractivity contribution >= 4 is 0 Å². The molecule has 2 rings (SSSR count). The zero-order valence-corrected chi connectivity index (χ0v) is 11.5. The van der Waals surface area contributed by atoms with Gasteiger partial charge in [0.1, 0.15) is 5.75 Å². The molecule has 3 N–H and O–H groups in total. The quantitative estimate of drug-likeness (QED) is 0.883. The molecule has 1 aromatic heterocycles. The van der Waals surface area contributed by atoms with Crippen LogP contribution < -0.4 is 5.73 Å². The van der Waals surface area contributed by atoms with Crippen molar-refractivity contribution in [3.05, 3.63) is 29.7 Å². The van der Waals surface area contributed by atoms with E-state index in [2.05, 4.69) is 30.9 Å². The summed E-state index contributed by atoms with van der Waals surface area (Å²) in [7, 11) is 0. The van der Waals surface area contributed by atoms with Crippen molar-refractivity contribution in [1.29, 1.82) is 0 Å². The lowest BCUT2D eigenvalue weighted by molar-refractivity contribution is 0.380. The van der Waals surface area contributed by atoms with Crippen molar-refractivity contribution < 1.29 is 9.63 Å². The van der Waals surface area contributed by atoms with Gasteiger partial charge in [-0.2, -0.15) is 4.98 Å². The lowest BCUT2D eigenvalue weighted by atomic mass is 9.81. The Hall–Kier alpha value is -1.88. The predicted octanol–water partition coefficient (Wildman–Crippen LogP) is 2.59. The molecule has 0 spiro atoms. The van der Waals surface area contributed by atoms with Crippen LogP contribution in [0.5, 0.6) is 5.75 Å². The molecule has 1 heterocycles. The Bertz CT molecular complexity index is 576. The maximum Gasteiger partial charge on any atom is 0.240 e. The highest BCUT2D eigenvalue weighted by Crippen LogP contribution is 2.34. The van der Waals surface area contributed by atoms with Gasteiger partial charge in [0.2, 0.25) is 11.7 Å². The Morgan fingerprint density at radius 1 is 1.37 bits per heavy atom. The molecule has 0 saturated heterocycles. The Labute approximate surface area is 112 Å². The summed E-state index contributed by atoms with van der Waals surface area (Å²) in [5, 5.41) is 13.8. The van der Waals surface area contributed by atoms with Gasteiger partial charge in [0, 0.05) is 0 Å². The third-order valence-corrected chi connectivity index (χ3v) is 3.55. The van der Waals surface area contributed by atoms with Crippen LogP contribution in [0.3, 0.4) is 0 Å². The molecule has 0 bridgehead atoms. The number of rotatable bonds is 4. The molecule has 0 amide bonds. The molecule has 0 saturated carbocycles. The van der Waals surface area contributed by atoms with Crippen molar-refractivity contribution in [3.63, 3.8) is 0 Å². The molecule has 2 aromatic rings. The minimum atomic E-state index is 0.0306. The van der Waals surface area contributed by atoms with Gasteiger partial charge in [-0.25, -0.2) is 0 Å². The van der Waals surface area contributed by atoms with Gasteiger partial charge < -0.3 is 15.4 Å². The van der Waals surface area contributed by atoms with E-state index in [0.29, 0.717) is 17.3 Å². The van der Waals surface area contributed by atoms with Crippen LogP contribution in [0.4, 0.5) is 0 Å². The average molecular weight is 261 g/mol. The molecule has 0 radical (unpaired) electrons. The number of hydrogen-bond donors (Lipinski definition) is 2. The summed E-state index contributed by atoms with van der Waals surface area (Å²) in [6.45, 7) is 6.64. The minimum absolute atomic E-state index is 0.0306. The average Bonchev–Trinajstić information content (AvgIpc) is 2.87. The van der Waals surface area contributed by atoms with Gasteiger partial charge in [-0.3, -0.25) is 0 Å². The summed E-state index contributed by atoms with van der Waals surface area (Å²) in [6.07, 6.45) is 0.998. The highest BCUT2D eigenvalue weighted by Gasteiger charge is 2.21. The topological polar surface area (TPSA) is 85.2 Å². The van der Waals surface area contributed by atoms with Crippen LogP contribution in [0.15, 0.2) is 22.7 Å². The first-order chi connectivity index (χ1) is 8.97. The first-order valence-electron chi connectivity index (χ1n) is 6.34. The fourth-order valence-electron chi connectivity index (χ4n) is 1.79. The fourth-order valence-corrected chi connectivity index (χ4v) is 1.79. The van der Waals surface area contributed by atoms with Crippen LogP contribution >= 0.6 is 0 Å². The van der Waals surface area contributed by atoms with E-state index < -0.39 is 0 Å². The van der Waals surface area contributed by atoms with Crippen molar-refractivity contribution in [1.82, 2.24) is 10.1 Å². The molecule has 0 aliphatic heterocycles. The fraction of sp³-hybridized carbons (Fsp3) is 0.429. The van der Waals surface area contributed by atoms with E-state index in [1.165, 1.54) is 0 Å². The SMILES string of the molecule is CCC(C)(C)c1ccc(O)c(-c2noc(CN)n2)c1. The van der Waals surface area contributed by atoms with E-state index in [1.807, 2.05) is 12.1 Å². The maximum absolute atomic E-state index is 9.96. The van der Waals surface area contributed by atoms with Gasteiger partial charge in [-0.15, -0.1) is 0 Å². The third-order valence-electron chi connectivity index (χ3n) is 3.55. The summed E-state index contributed by atoms with van der Waals surface area (Å²) >= 11 is 0. The molecule has 1 aromatic carbocycles. The van der Waals surface area contributed by atoms with Gasteiger partial charge in [-0.05, 0) is 29.5 Å². The molecule has 0 unspecified atom stereocenters. The van der Waals surface area contributed by atoms with Crippen LogP contribution in [-0.2, 0) is 12.0 Å². The van der Waals surface area contributed by atoms with Crippen molar-refractivity contribution in [2.45, 2.75) is 39.2 Å². The zero-order chi connectivity index (χ0) is 14.0. The van der Waals surface area contributed by atoms with Crippen LogP contribution in [0, 0.1) is 0 Å². The first kappa shape index (κ1) is 13.5. The van der Waals surface area contributed by atoms with Crippen LogP contribution in [0.2, 0.25) is 0 Å². The highest BCUT2D eigenvalue weighted by molar-refractivity contribution is 5.64. The summed E-state index contributed by atoms with van der Waals surface area (Å²) < 4.78 is 4.98.